The number of anilines is 1. The van der Waals surface area contributed by atoms with E-state index in [-0.39, 0.29) is 31.2 Å². The average Bonchev–Trinajstić information content (AvgIpc) is 3.18. The van der Waals surface area contributed by atoms with E-state index >= 15 is 0 Å². The number of carboxylic acid groups (broad SMARTS) is 1. The van der Waals surface area contributed by atoms with Crippen molar-refractivity contribution in [3.63, 3.8) is 0 Å². The van der Waals surface area contributed by atoms with Gasteiger partial charge in [0.25, 0.3) is 6.43 Å². The third-order valence-corrected chi connectivity index (χ3v) is 5.00. The van der Waals surface area contributed by atoms with Gasteiger partial charge in [0.2, 0.25) is 5.88 Å². The highest BCUT2D eigenvalue weighted by Gasteiger charge is 2.27. The van der Waals surface area contributed by atoms with Gasteiger partial charge in [0.15, 0.2) is 11.9 Å². The molecule has 4 rings (SSSR count). The molecule has 0 radical (unpaired) electrons. The van der Waals surface area contributed by atoms with E-state index in [1.54, 1.807) is 36.1 Å². The Labute approximate surface area is 181 Å². The van der Waals surface area contributed by atoms with Crippen LogP contribution in [0, 0.1) is 6.92 Å². The number of aromatic nitrogens is 5. The Balaban J connectivity index is 1.43. The maximum Gasteiger partial charge on any atom is 0.334 e. The van der Waals surface area contributed by atoms with Crippen molar-refractivity contribution in [3.8, 4) is 11.6 Å². The lowest BCUT2D eigenvalue weighted by Crippen LogP contribution is -2.46. The number of carboxylic acids is 1. The molecular formula is C20H20F2N6O4. The van der Waals surface area contributed by atoms with E-state index in [9.17, 15) is 13.6 Å². The number of benzene rings is 1. The molecule has 10 nitrogen and oxygen atoms in total. The number of nitrogens with zero attached hydrogens (tertiary/aromatic N) is 6. The Kier molecular flexibility index (Phi) is 6.21. The van der Waals surface area contributed by atoms with Gasteiger partial charge >= 0.3 is 5.97 Å². The van der Waals surface area contributed by atoms with E-state index in [0.29, 0.717) is 29.4 Å². The molecule has 3 heterocycles. The number of alkyl halides is 2. The summed E-state index contributed by atoms with van der Waals surface area (Å²) < 4.78 is 38.0. The molecule has 0 aliphatic carbocycles. The molecule has 12 heteroatoms. The topological polar surface area (TPSA) is 115 Å². The molecule has 0 saturated carbocycles. The summed E-state index contributed by atoms with van der Waals surface area (Å²) >= 11 is 0. The van der Waals surface area contributed by atoms with Gasteiger partial charge in [-0.1, -0.05) is 17.3 Å². The number of aryl methyl sites for hydroxylation is 1. The predicted molar refractivity (Wildman–Crippen MR) is 107 cm³/mol. The predicted octanol–water partition coefficient (Wildman–Crippen LogP) is 2.17. The zero-order valence-corrected chi connectivity index (χ0v) is 17.1. The Bertz CT molecular complexity index is 1070. The largest absolute Gasteiger partial charge is 0.479 e. The van der Waals surface area contributed by atoms with Gasteiger partial charge in [0, 0.05) is 18.2 Å². The molecule has 1 unspecified atom stereocenters. The van der Waals surface area contributed by atoms with E-state index in [4.69, 9.17) is 14.6 Å². The number of aliphatic carboxylic acids is 1. The van der Waals surface area contributed by atoms with Crippen LogP contribution >= 0.6 is 0 Å². The molecule has 1 aliphatic rings. The van der Waals surface area contributed by atoms with E-state index in [2.05, 4.69) is 20.5 Å². The van der Waals surface area contributed by atoms with E-state index in [1.165, 1.54) is 16.8 Å². The summed E-state index contributed by atoms with van der Waals surface area (Å²) in [6.45, 7) is 2.82. The van der Waals surface area contributed by atoms with Crippen LogP contribution in [-0.2, 0) is 16.1 Å². The van der Waals surface area contributed by atoms with Gasteiger partial charge in [0.05, 0.1) is 24.5 Å². The Morgan fingerprint density at radius 1 is 1.22 bits per heavy atom. The molecule has 1 N–H and O–H groups in total. The lowest BCUT2D eigenvalue weighted by molar-refractivity contribution is -0.150. The molecule has 168 valence electrons. The van der Waals surface area contributed by atoms with E-state index in [0.717, 1.165) is 0 Å². The fraction of sp³-hybridized carbons (Fsp3) is 0.350. The van der Waals surface area contributed by atoms with Gasteiger partial charge < -0.3 is 19.5 Å². The van der Waals surface area contributed by atoms with Gasteiger partial charge in [-0.15, -0.1) is 15.3 Å². The van der Waals surface area contributed by atoms with Crippen LogP contribution in [-0.4, -0.2) is 62.1 Å². The number of hydrogen-bond donors (Lipinski definition) is 1. The quantitative estimate of drug-likeness (QED) is 0.583. The van der Waals surface area contributed by atoms with Crippen LogP contribution in [0.5, 0.6) is 5.88 Å². The fourth-order valence-corrected chi connectivity index (χ4v) is 3.22. The molecule has 1 fully saturated rings. The van der Waals surface area contributed by atoms with Crippen LogP contribution in [0.1, 0.15) is 23.4 Å². The van der Waals surface area contributed by atoms with Crippen LogP contribution in [0.3, 0.4) is 0 Å². The Hall–Kier alpha value is -3.67. The first-order valence-corrected chi connectivity index (χ1v) is 9.78. The summed E-state index contributed by atoms with van der Waals surface area (Å²) in [5.41, 5.74) is 1.77. The number of halogens is 2. The highest BCUT2D eigenvalue weighted by Crippen LogP contribution is 2.22. The zero-order valence-electron chi connectivity index (χ0n) is 17.1. The van der Waals surface area contributed by atoms with Crippen LogP contribution < -0.4 is 9.64 Å². The van der Waals surface area contributed by atoms with Crippen molar-refractivity contribution in [1.82, 2.24) is 25.2 Å². The van der Waals surface area contributed by atoms with Crippen molar-refractivity contribution in [1.29, 1.82) is 0 Å². The molecule has 1 saturated heterocycles. The minimum atomic E-state index is -2.54. The summed E-state index contributed by atoms with van der Waals surface area (Å²) in [6, 6.07) is 9.09. The lowest BCUT2D eigenvalue weighted by atomic mass is 10.2. The number of ether oxygens (including phenoxy) is 2. The Morgan fingerprint density at radius 3 is 2.66 bits per heavy atom. The first-order valence-electron chi connectivity index (χ1n) is 9.78. The van der Waals surface area contributed by atoms with Crippen molar-refractivity contribution >= 4 is 11.8 Å². The molecule has 1 atom stereocenters. The smallest absolute Gasteiger partial charge is 0.334 e. The summed E-state index contributed by atoms with van der Waals surface area (Å²) in [5, 5.41) is 25.4. The van der Waals surface area contributed by atoms with Crippen LogP contribution in [0.15, 0.2) is 36.4 Å². The number of hydrogen-bond acceptors (Lipinski definition) is 8. The fourth-order valence-electron chi connectivity index (χ4n) is 3.22. The number of morpholine rings is 1. The average molecular weight is 446 g/mol. The van der Waals surface area contributed by atoms with Crippen LogP contribution in [0.4, 0.5) is 14.6 Å². The first-order chi connectivity index (χ1) is 15.4. The molecule has 0 spiro atoms. The van der Waals surface area contributed by atoms with Crippen molar-refractivity contribution in [2.75, 3.05) is 24.6 Å². The van der Waals surface area contributed by atoms with E-state index in [1.807, 2.05) is 0 Å². The van der Waals surface area contributed by atoms with Crippen LogP contribution in [0.25, 0.3) is 5.69 Å². The molecule has 0 amide bonds. The van der Waals surface area contributed by atoms with Crippen molar-refractivity contribution in [2.45, 2.75) is 26.1 Å². The monoisotopic (exact) mass is 446 g/mol. The van der Waals surface area contributed by atoms with Crippen molar-refractivity contribution in [2.24, 2.45) is 0 Å². The molecule has 3 aromatic rings. The van der Waals surface area contributed by atoms with Gasteiger partial charge in [-0.05, 0) is 25.1 Å². The van der Waals surface area contributed by atoms with Gasteiger partial charge in [-0.2, -0.15) is 0 Å². The van der Waals surface area contributed by atoms with Crippen molar-refractivity contribution < 1.29 is 28.2 Å². The van der Waals surface area contributed by atoms with Gasteiger partial charge in [-0.3, -0.25) is 0 Å². The summed E-state index contributed by atoms with van der Waals surface area (Å²) in [5.74, 6) is -0.238. The van der Waals surface area contributed by atoms with Gasteiger partial charge in [0.1, 0.15) is 12.3 Å². The maximum absolute atomic E-state index is 12.8. The standard InChI is InChI=1S/C20H20F2N6O4/c1-12-15(28(26-23-12)14-4-2-13(3-5-14)19(21)22)11-32-18-7-6-17(24-25-18)27-8-9-31-16(10-27)20(29)30/h2-7,16,19H,8-11H2,1H3,(H,29,30). The third kappa shape index (κ3) is 4.64. The SMILES string of the molecule is Cc1nnn(-c2ccc(C(F)F)cc2)c1COc1ccc(N2CCOC(C(=O)O)C2)nn1. The third-order valence-electron chi connectivity index (χ3n) is 5.00. The summed E-state index contributed by atoms with van der Waals surface area (Å²) in [7, 11) is 0. The number of rotatable bonds is 7. The Morgan fingerprint density at radius 2 is 2.00 bits per heavy atom. The summed E-state index contributed by atoms with van der Waals surface area (Å²) in [6.07, 6.45) is -3.45. The molecule has 1 aromatic carbocycles. The highest BCUT2D eigenvalue weighted by molar-refractivity contribution is 5.73. The maximum atomic E-state index is 12.8. The van der Waals surface area contributed by atoms with E-state index < -0.39 is 18.5 Å². The van der Waals surface area contributed by atoms with Crippen molar-refractivity contribution in [3.05, 3.63) is 53.3 Å². The van der Waals surface area contributed by atoms with Crippen LogP contribution in [0.2, 0.25) is 0 Å². The number of carbonyl (C=O) groups is 1. The highest BCUT2D eigenvalue weighted by atomic mass is 19.3. The van der Waals surface area contributed by atoms with Gasteiger partial charge in [-0.25, -0.2) is 18.3 Å². The second-order valence-corrected chi connectivity index (χ2v) is 7.09. The second-order valence-electron chi connectivity index (χ2n) is 7.09. The minimum absolute atomic E-state index is 0.0753. The summed E-state index contributed by atoms with van der Waals surface area (Å²) in [4.78, 5) is 12.9. The molecule has 1 aliphatic heterocycles. The molecule has 2 aromatic heterocycles. The first kappa shape index (κ1) is 21.6. The molecule has 32 heavy (non-hydrogen) atoms. The molecular weight excluding hydrogens is 426 g/mol. The minimum Gasteiger partial charge on any atom is -0.479 e. The lowest BCUT2D eigenvalue weighted by Gasteiger charge is -2.31. The molecule has 0 bridgehead atoms. The second kappa shape index (κ2) is 9.22. The normalized spacial score (nSPS) is 16.4. The zero-order chi connectivity index (χ0) is 22.7.